The molecule has 7 heteroatoms. The molecule has 2 rings (SSSR count). The van der Waals surface area contributed by atoms with Gasteiger partial charge in [-0.15, -0.1) is 0 Å². The number of hydrogen-bond acceptors (Lipinski definition) is 5. The van der Waals surface area contributed by atoms with E-state index in [1.807, 2.05) is 0 Å². The van der Waals surface area contributed by atoms with E-state index in [0.717, 1.165) is 4.90 Å². The van der Waals surface area contributed by atoms with Crippen molar-refractivity contribution in [1.29, 1.82) is 0 Å². The fourth-order valence-electron chi connectivity index (χ4n) is 3.03. The number of likely N-dealkylation sites (tertiary alicyclic amines) is 1. The van der Waals surface area contributed by atoms with Gasteiger partial charge in [-0.1, -0.05) is 24.2 Å². The summed E-state index contributed by atoms with van der Waals surface area (Å²) in [4.78, 5) is 43.0. The number of carbonyl (C=O) groups excluding carboxylic acids is 3. The van der Waals surface area contributed by atoms with Gasteiger partial charge < -0.3 is 4.74 Å². The van der Waals surface area contributed by atoms with E-state index in [4.69, 9.17) is 16.3 Å². The Morgan fingerprint density at radius 1 is 1.48 bits per heavy atom. The third-order valence-electron chi connectivity index (χ3n) is 4.35. The molecule has 0 bridgehead atoms. The summed E-state index contributed by atoms with van der Waals surface area (Å²) in [6.45, 7) is 6.39. The van der Waals surface area contributed by atoms with Gasteiger partial charge >= 0.3 is 0 Å². The van der Waals surface area contributed by atoms with Gasteiger partial charge in [0, 0.05) is 11.2 Å². The Kier molecular flexibility index (Phi) is 5.42. The van der Waals surface area contributed by atoms with E-state index in [2.05, 4.69) is 11.6 Å². The van der Waals surface area contributed by atoms with E-state index in [-0.39, 0.29) is 18.9 Å². The Bertz CT molecular complexity index is 787. The van der Waals surface area contributed by atoms with E-state index in [1.165, 1.54) is 20.2 Å². The van der Waals surface area contributed by atoms with Gasteiger partial charge in [-0.3, -0.25) is 19.3 Å². The largest absolute Gasteiger partial charge is 0.483 e. The summed E-state index contributed by atoms with van der Waals surface area (Å²) >= 11 is 6.06. The second kappa shape index (κ2) is 7.19. The molecular weight excluding hydrogens is 344 g/mol. The van der Waals surface area contributed by atoms with Crippen LogP contribution in [0.2, 0.25) is 5.02 Å². The molecule has 1 aliphatic rings. The minimum Gasteiger partial charge on any atom is -0.483 e. The molecule has 0 N–H and O–H groups in total. The Labute approximate surface area is 151 Å². The van der Waals surface area contributed by atoms with Crippen LogP contribution in [0.1, 0.15) is 24.5 Å². The van der Waals surface area contributed by atoms with Crippen molar-refractivity contribution in [3.05, 3.63) is 47.1 Å². The number of nitrogens with zero attached hydrogens (tertiary/aromatic N) is 2. The lowest BCUT2D eigenvalue weighted by Crippen LogP contribution is -2.45. The van der Waals surface area contributed by atoms with Crippen LogP contribution in [-0.2, 0) is 24.5 Å². The molecule has 0 saturated carbocycles. The topological polar surface area (TPSA) is 76.0 Å². The minimum atomic E-state index is -1.57. The molecule has 1 aliphatic heterocycles. The van der Waals surface area contributed by atoms with E-state index in [0.29, 0.717) is 16.1 Å². The number of carbonyl (C=O) groups is 3. The smallest absolute Gasteiger partial charge is 0.248 e. The Morgan fingerprint density at radius 2 is 2.16 bits per heavy atom. The highest BCUT2D eigenvalue weighted by atomic mass is 35.5. The number of Topliss-reactive ketones (excluding diaryl/α,β-unsaturated/α-hetero) is 1. The first-order valence-electron chi connectivity index (χ1n) is 7.62. The molecule has 25 heavy (non-hydrogen) atoms. The average molecular weight is 363 g/mol. The highest BCUT2D eigenvalue weighted by Crippen LogP contribution is 2.40. The number of amides is 2. The molecule has 132 valence electrons. The maximum Gasteiger partial charge on any atom is 0.248 e. The summed E-state index contributed by atoms with van der Waals surface area (Å²) in [6.07, 6.45) is 1.01. The van der Waals surface area contributed by atoms with E-state index >= 15 is 0 Å². The molecule has 1 aromatic rings. The fourth-order valence-corrected chi connectivity index (χ4v) is 3.20. The number of methoxy groups -OCH3 is 1. The Hall–Kier alpha value is -2.47. The number of hydrogen-bond donors (Lipinski definition) is 0. The summed E-state index contributed by atoms with van der Waals surface area (Å²) in [5.41, 5.74) is -0.402. The van der Waals surface area contributed by atoms with Crippen LogP contribution in [0.5, 0.6) is 0 Å². The summed E-state index contributed by atoms with van der Waals surface area (Å²) in [5.74, 6) is -1.31. The number of aryl methyl sites for hydroxylation is 1. The first kappa shape index (κ1) is 18.9. The maximum atomic E-state index is 13.1. The molecule has 0 radical (unpaired) electrons. The van der Waals surface area contributed by atoms with Crippen molar-refractivity contribution >= 4 is 35.1 Å². The zero-order chi connectivity index (χ0) is 18.8. The van der Waals surface area contributed by atoms with Crippen LogP contribution in [0.25, 0.3) is 0 Å². The van der Waals surface area contributed by atoms with E-state index in [1.54, 1.807) is 25.1 Å². The lowest BCUT2D eigenvalue weighted by atomic mass is 9.74. The lowest BCUT2D eigenvalue weighted by Gasteiger charge is -2.26. The average Bonchev–Trinajstić information content (AvgIpc) is 2.81. The standard InChI is InChI=1S/C18H19ClN2O4/c1-5-20-15(25-4)10-21-16(23)9-18(12(3)22,17(21)24)14-8-13(19)7-6-11(14)2/h5-8H,1,9-10H2,2-4H3. The van der Waals surface area contributed by atoms with Crippen molar-refractivity contribution < 1.29 is 19.1 Å². The molecule has 1 aromatic carbocycles. The van der Waals surface area contributed by atoms with Crippen LogP contribution in [0.15, 0.2) is 36.0 Å². The third kappa shape index (κ3) is 3.22. The van der Waals surface area contributed by atoms with Crippen molar-refractivity contribution in [2.45, 2.75) is 25.7 Å². The van der Waals surface area contributed by atoms with Crippen LogP contribution in [-0.4, -0.2) is 42.0 Å². The molecule has 0 aliphatic carbocycles. The number of aliphatic imine (C=N–C) groups is 1. The van der Waals surface area contributed by atoms with Gasteiger partial charge in [0.1, 0.15) is 17.7 Å². The molecule has 6 nitrogen and oxygen atoms in total. The molecule has 1 heterocycles. The highest BCUT2D eigenvalue weighted by Gasteiger charge is 2.56. The SMILES string of the molecule is C=CN=C(CN1C(=O)CC(C(C)=O)(c2cc(Cl)ccc2C)C1=O)OC. The number of imide groups is 1. The molecule has 1 unspecified atom stereocenters. The van der Waals surface area contributed by atoms with Gasteiger partial charge in [0.15, 0.2) is 0 Å². The van der Waals surface area contributed by atoms with Crippen LogP contribution in [0.3, 0.4) is 0 Å². The van der Waals surface area contributed by atoms with Gasteiger partial charge in [-0.05, 0) is 37.1 Å². The van der Waals surface area contributed by atoms with Crippen molar-refractivity contribution in [2.75, 3.05) is 13.7 Å². The van der Waals surface area contributed by atoms with Gasteiger partial charge in [-0.2, -0.15) is 0 Å². The number of halogens is 1. The fraction of sp³-hybridized carbons (Fsp3) is 0.333. The summed E-state index contributed by atoms with van der Waals surface area (Å²) in [7, 11) is 1.38. The molecule has 2 amide bonds. The number of ether oxygens (including phenoxy) is 1. The molecule has 1 fully saturated rings. The normalized spacial score (nSPS) is 20.8. The highest BCUT2D eigenvalue weighted by molar-refractivity contribution is 6.31. The van der Waals surface area contributed by atoms with Crippen LogP contribution in [0.4, 0.5) is 0 Å². The van der Waals surface area contributed by atoms with Gasteiger partial charge in [0.2, 0.25) is 17.7 Å². The first-order chi connectivity index (χ1) is 11.8. The van der Waals surface area contributed by atoms with Crippen molar-refractivity contribution in [3.63, 3.8) is 0 Å². The predicted molar refractivity (Wildman–Crippen MR) is 94.5 cm³/mol. The quantitative estimate of drug-likeness (QED) is 0.349. The third-order valence-corrected chi connectivity index (χ3v) is 4.59. The van der Waals surface area contributed by atoms with Crippen LogP contribution in [0, 0.1) is 6.92 Å². The van der Waals surface area contributed by atoms with Gasteiger partial charge in [-0.25, -0.2) is 4.99 Å². The monoisotopic (exact) mass is 362 g/mol. The summed E-state index contributed by atoms with van der Waals surface area (Å²) < 4.78 is 5.05. The van der Waals surface area contributed by atoms with Crippen LogP contribution < -0.4 is 0 Å². The van der Waals surface area contributed by atoms with E-state index < -0.39 is 23.0 Å². The van der Waals surface area contributed by atoms with Crippen LogP contribution >= 0.6 is 11.6 Å². The predicted octanol–water partition coefficient (Wildman–Crippen LogP) is 2.42. The minimum absolute atomic E-state index is 0.152. The zero-order valence-electron chi connectivity index (χ0n) is 14.3. The van der Waals surface area contributed by atoms with Crippen molar-refractivity contribution in [2.24, 2.45) is 4.99 Å². The van der Waals surface area contributed by atoms with E-state index in [9.17, 15) is 14.4 Å². The Morgan fingerprint density at radius 3 is 2.72 bits per heavy atom. The molecule has 0 aromatic heterocycles. The molecule has 0 spiro atoms. The molecule has 1 saturated heterocycles. The van der Waals surface area contributed by atoms with Crippen molar-refractivity contribution in [3.8, 4) is 0 Å². The lowest BCUT2D eigenvalue weighted by molar-refractivity contribution is -0.141. The number of ketones is 1. The second-order valence-corrected chi connectivity index (χ2v) is 6.23. The van der Waals surface area contributed by atoms with Crippen molar-refractivity contribution in [1.82, 2.24) is 4.90 Å². The summed E-state index contributed by atoms with van der Waals surface area (Å²) in [5, 5.41) is 0.394. The zero-order valence-corrected chi connectivity index (χ0v) is 15.1. The summed E-state index contributed by atoms with van der Waals surface area (Å²) in [6, 6.07) is 4.97. The number of benzene rings is 1. The molecular formula is C18H19ClN2O4. The van der Waals surface area contributed by atoms with Gasteiger partial charge in [0.25, 0.3) is 0 Å². The number of rotatable bonds is 5. The van der Waals surface area contributed by atoms with Gasteiger partial charge in [0.05, 0.1) is 13.5 Å². The Balaban J connectivity index is 2.54. The molecule has 1 atom stereocenters. The maximum absolute atomic E-state index is 13.1. The second-order valence-electron chi connectivity index (χ2n) is 5.79. The first-order valence-corrected chi connectivity index (χ1v) is 7.99.